The predicted octanol–water partition coefficient (Wildman–Crippen LogP) is 3.23. The van der Waals surface area contributed by atoms with Gasteiger partial charge in [0.25, 0.3) is 0 Å². The van der Waals surface area contributed by atoms with Gasteiger partial charge in [-0.3, -0.25) is 4.79 Å². The number of carbonyl (C=O) groups excluding carboxylic acids is 2. The molecule has 1 saturated carbocycles. The van der Waals surface area contributed by atoms with Crippen molar-refractivity contribution in [3.8, 4) is 11.5 Å². The Morgan fingerprint density at radius 1 is 0.833 bits per heavy atom. The van der Waals surface area contributed by atoms with Gasteiger partial charge < -0.3 is 25.4 Å². The molecule has 0 spiro atoms. The van der Waals surface area contributed by atoms with Gasteiger partial charge in [-0.1, -0.05) is 55.7 Å². The Hall–Kier alpha value is -3.22. The molecule has 3 amide bonds. The van der Waals surface area contributed by atoms with Crippen molar-refractivity contribution in [3.63, 3.8) is 0 Å². The number of fused-ring (bicyclic) bond motifs is 1. The lowest BCUT2D eigenvalue weighted by Gasteiger charge is -2.36. The number of benzene rings is 2. The maximum Gasteiger partial charge on any atom is 0.315 e. The summed E-state index contributed by atoms with van der Waals surface area (Å²) < 4.78 is 10.7. The molecular formula is C23H27N3O4. The first-order valence-electron chi connectivity index (χ1n) is 10.4. The van der Waals surface area contributed by atoms with Crippen LogP contribution in [0.15, 0.2) is 48.5 Å². The monoisotopic (exact) mass is 409 g/mol. The fourth-order valence-electron chi connectivity index (χ4n) is 4.01. The zero-order chi connectivity index (χ0) is 20.8. The van der Waals surface area contributed by atoms with E-state index in [4.69, 9.17) is 9.47 Å². The third-order valence-corrected chi connectivity index (χ3v) is 5.68. The van der Waals surface area contributed by atoms with Gasteiger partial charge in [0.1, 0.15) is 5.54 Å². The number of hydrogen-bond donors (Lipinski definition) is 3. The molecule has 7 heteroatoms. The molecular weight excluding hydrogens is 382 g/mol. The van der Waals surface area contributed by atoms with Crippen LogP contribution in [0, 0.1) is 0 Å². The fourth-order valence-corrected chi connectivity index (χ4v) is 4.01. The molecule has 0 radical (unpaired) electrons. The Morgan fingerprint density at radius 2 is 1.57 bits per heavy atom. The van der Waals surface area contributed by atoms with Crippen molar-refractivity contribution in [2.75, 3.05) is 6.79 Å². The molecule has 2 aromatic rings. The van der Waals surface area contributed by atoms with Crippen LogP contribution in [0.4, 0.5) is 4.79 Å². The molecule has 0 atom stereocenters. The highest BCUT2D eigenvalue weighted by Crippen LogP contribution is 2.33. The second-order valence-corrected chi connectivity index (χ2v) is 7.81. The lowest BCUT2D eigenvalue weighted by molar-refractivity contribution is -0.128. The van der Waals surface area contributed by atoms with Gasteiger partial charge in [-0.2, -0.15) is 0 Å². The average molecular weight is 409 g/mol. The summed E-state index contributed by atoms with van der Waals surface area (Å²) in [6.07, 6.45) is 4.18. The molecule has 2 aliphatic rings. The summed E-state index contributed by atoms with van der Waals surface area (Å²) in [6.45, 7) is 1.00. The summed E-state index contributed by atoms with van der Waals surface area (Å²) in [5, 5.41) is 8.84. The number of rotatable bonds is 6. The number of carbonyl (C=O) groups is 2. The molecule has 1 aliphatic carbocycles. The van der Waals surface area contributed by atoms with Gasteiger partial charge in [0.2, 0.25) is 12.7 Å². The number of amides is 3. The highest BCUT2D eigenvalue weighted by Gasteiger charge is 2.40. The number of nitrogens with one attached hydrogen (secondary N) is 3. The van der Waals surface area contributed by atoms with E-state index in [1.165, 1.54) is 0 Å². The van der Waals surface area contributed by atoms with Gasteiger partial charge in [0.05, 0.1) is 0 Å². The van der Waals surface area contributed by atoms with Gasteiger partial charge >= 0.3 is 6.03 Å². The Balaban J connectivity index is 1.36. The third-order valence-electron chi connectivity index (χ3n) is 5.68. The maximum atomic E-state index is 13.1. The highest BCUT2D eigenvalue weighted by molar-refractivity contribution is 5.91. The van der Waals surface area contributed by atoms with E-state index in [-0.39, 0.29) is 18.7 Å². The van der Waals surface area contributed by atoms with Crippen LogP contribution in [0.2, 0.25) is 0 Å². The molecule has 1 aliphatic heterocycles. The van der Waals surface area contributed by atoms with Crippen molar-refractivity contribution in [2.24, 2.45) is 0 Å². The molecule has 0 unspecified atom stereocenters. The van der Waals surface area contributed by atoms with Crippen LogP contribution in [-0.2, 0) is 17.9 Å². The molecule has 0 aromatic heterocycles. The first-order chi connectivity index (χ1) is 14.6. The van der Waals surface area contributed by atoms with E-state index >= 15 is 0 Å². The first kappa shape index (κ1) is 20.1. The van der Waals surface area contributed by atoms with Crippen molar-refractivity contribution >= 4 is 11.9 Å². The van der Waals surface area contributed by atoms with Crippen LogP contribution in [0.3, 0.4) is 0 Å². The van der Waals surface area contributed by atoms with Crippen molar-refractivity contribution < 1.29 is 19.1 Å². The Kier molecular flexibility index (Phi) is 6.07. The van der Waals surface area contributed by atoms with E-state index < -0.39 is 5.54 Å². The van der Waals surface area contributed by atoms with Crippen LogP contribution in [0.25, 0.3) is 0 Å². The zero-order valence-electron chi connectivity index (χ0n) is 16.9. The summed E-state index contributed by atoms with van der Waals surface area (Å²) in [5.41, 5.74) is 1.06. The minimum absolute atomic E-state index is 0.144. The van der Waals surface area contributed by atoms with E-state index in [0.29, 0.717) is 37.4 Å². The summed E-state index contributed by atoms with van der Waals surface area (Å²) in [7, 11) is 0. The smallest absolute Gasteiger partial charge is 0.315 e. The van der Waals surface area contributed by atoms with Gasteiger partial charge in [-0.05, 0) is 36.1 Å². The van der Waals surface area contributed by atoms with E-state index in [9.17, 15) is 9.59 Å². The lowest BCUT2D eigenvalue weighted by Crippen LogP contribution is -2.61. The highest BCUT2D eigenvalue weighted by atomic mass is 16.7. The number of urea groups is 1. The van der Waals surface area contributed by atoms with Gasteiger partial charge in [-0.15, -0.1) is 0 Å². The van der Waals surface area contributed by atoms with E-state index in [1.54, 1.807) is 0 Å². The molecule has 7 nitrogen and oxygen atoms in total. The van der Waals surface area contributed by atoms with Crippen LogP contribution in [-0.4, -0.2) is 24.3 Å². The number of hydrogen-bond acceptors (Lipinski definition) is 4. The quantitative estimate of drug-likeness (QED) is 0.683. The first-order valence-corrected chi connectivity index (χ1v) is 10.4. The standard InChI is InChI=1S/C23H27N3O4/c27-21(24-15-18-9-10-19-20(13-18)30-16-29-19)23(11-5-2-6-12-23)26-22(28)25-14-17-7-3-1-4-8-17/h1,3-4,7-10,13H,2,5-6,11-12,14-16H2,(H,24,27)(H2,25,26,28). The SMILES string of the molecule is O=C(NCc1ccccc1)NC1(C(=O)NCc2ccc3c(c2)OCO3)CCCCC1. The maximum absolute atomic E-state index is 13.1. The van der Waals surface area contributed by atoms with E-state index in [1.807, 2.05) is 48.5 Å². The Bertz CT molecular complexity index is 895. The normalized spacial score (nSPS) is 16.5. The second kappa shape index (κ2) is 9.07. The summed E-state index contributed by atoms with van der Waals surface area (Å²) in [4.78, 5) is 25.7. The van der Waals surface area contributed by atoms with Crippen LogP contribution >= 0.6 is 0 Å². The van der Waals surface area contributed by atoms with Crippen molar-refractivity contribution in [1.82, 2.24) is 16.0 Å². The van der Waals surface area contributed by atoms with Crippen LogP contribution in [0.5, 0.6) is 11.5 Å². The Labute approximate surface area is 176 Å². The number of ether oxygens (including phenoxy) is 2. The molecule has 3 N–H and O–H groups in total. The summed E-state index contributed by atoms with van der Waals surface area (Å²) in [6, 6.07) is 15.0. The Morgan fingerprint density at radius 3 is 2.37 bits per heavy atom. The molecule has 0 bridgehead atoms. The van der Waals surface area contributed by atoms with Crippen molar-refractivity contribution in [1.29, 1.82) is 0 Å². The molecule has 2 aromatic carbocycles. The summed E-state index contributed by atoms with van der Waals surface area (Å²) in [5.74, 6) is 1.26. The average Bonchev–Trinajstić information content (AvgIpc) is 3.25. The van der Waals surface area contributed by atoms with Crippen LogP contribution in [0.1, 0.15) is 43.2 Å². The second-order valence-electron chi connectivity index (χ2n) is 7.81. The topological polar surface area (TPSA) is 88.7 Å². The molecule has 1 heterocycles. The summed E-state index contributed by atoms with van der Waals surface area (Å²) >= 11 is 0. The predicted molar refractivity (Wildman–Crippen MR) is 112 cm³/mol. The third kappa shape index (κ3) is 4.67. The van der Waals surface area contributed by atoms with Gasteiger partial charge in [-0.25, -0.2) is 4.79 Å². The van der Waals surface area contributed by atoms with Gasteiger partial charge in [0.15, 0.2) is 11.5 Å². The fraction of sp³-hybridized carbons (Fsp3) is 0.391. The van der Waals surface area contributed by atoms with Crippen molar-refractivity contribution in [3.05, 3.63) is 59.7 Å². The molecule has 1 fully saturated rings. The largest absolute Gasteiger partial charge is 0.454 e. The molecule has 0 saturated heterocycles. The van der Waals surface area contributed by atoms with Crippen molar-refractivity contribution in [2.45, 2.75) is 50.7 Å². The minimum atomic E-state index is -0.880. The minimum Gasteiger partial charge on any atom is -0.454 e. The van der Waals surface area contributed by atoms with E-state index in [0.717, 1.165) is 30.4 Å². The van der Waals surface area contributed by atoms with E-state index in [2.05, 4.69) is 16.0 Å². The van der Waals surface area contributed by atoms with Gasteiger partial charge in [0, 0.05) is 13.1 Å². The zero-order valence-corrected chi connectivity index (χ0v) is 16.9. The molecule has 30 heavy (non-hydrogen) atoms. The molecule has 158 valence electrons. The van der Waals surface area contributed by atoms with Crippen LogP contribution < -0.4 is 25.4 Å². The molecule has 4 rings (SSSR count). The lowest BCUT2D eigenvalue weighted by atomic mass is 9.81.